The van der Waals surface area contributed by atoms with Gasteiger partial charge < -0.3 is 4.74 Å². The third kappa shape index (κ3) is 3.88. The van der Waals surface area contributed by atoms with Crippen molar-refractivity contribution >= 4 is 0 Å². The van der Waals surface area contributed by atoms with Crippen molar-refractivity contribution < 1.29 is 4.74 Å². The lowest BCUT2D eigenvalue weighted by Gasteiger charge is -2.03. The number of rotatable bonds is 3. The molecule has 0 aromatic carbocycles. The number of ether oxygens (including phenoxy) is 1. The summed E-state index contributed by atoms with van der Waals surface area (Å²) in [6.07, 6.45) is 5.53. The molecule has 0 aliphatic rings. The second-order valence-corrected chi connectivity index (χ2v) is 1.85. The van der Waals surface area contributed by atoms with Crippen LogP contribution in [0.5, 0.6) is 0 Å². The van der Waals surface area contributed by atoms with E-state index in [1.54, 1.807) is 7.11 Å². The van der Waals surface area contributed by atoms with Crippen LogP contribution in [-0.4, -0.2) is 13.2 Å². The predicted octanol–water partition coefficient (Wildman–Crippen LogP) is 1.99. The van der Waals surface area contributed by atoms with E-state index >= 15 is 0 Å². The monoisotopic (exact) mass is 114 g/mol. The highest BCUT2D eigenvalue weighted by atomic mass is 16.5. The quantitative estimate of drug-likeness (QED) is 0.510. The normalized spacial score (nSPS) is 14.9. The van der Waals surface area contributed by atoms with Crippen LogP contribution in [0.25, 0.3) is 0 Å². The van der Waals surface area contributed by atoms with Crippen molar-refractivity contribution in [3.63, 3.8) is 0 Å². The molecule has 0 spiro atoms. The van der Waals surface area contributed by atoms with Crippen molar-refractivity contribution in [2.24, 2.45) is 0 Å². The molecular weight excluding hydrogens is 100 g/mol. The van der Waals surface area contributed by atoms with Gasteiger partial charge in [0.1, 0.15) is 0 Å². The van der Waals surface area contributed by atoms with Crippen molar-refractivity contribution in [3.05, 3.63) is 12.2 Å². The lowest BCUT2D eigenvalue weighted by molar-refractivity contribution is 0.121. The van der Waals surface area contributed by atoms with Gasteiger partial charge in [0.05, 0.1) is 6.10 Å². The van der Waals surface area contributed by atoms with E-state index in [0.717, 1.165) is 6.42 Å². The van der Waals surface area contributed by atoms with Gasteiger partial charge in [-0.2, -0.15) is 0 Å². The van der Waals surface area contributed by atoms with Crippen LogP contribution in [0.15, 0.2) is 12.2 Å². The highest BCUT2D eigenvalue weighted by Gasteiger charge is 1.91. The standard InChI is InChI=1S/C7H14O/c1-4-5-6-7(2)8-3/h4-5,7H,6H2,1-3H3/b5-4+. The zero-order valence-electron chi connectivity index (χ0n) is 5.85. The molecule has 0 bridgehead atoms. The minimum Gasteiger partial charge on any atom is -0.381 e. The van der Waals surface area contributed by atoms with E-state index in [1.807, 2.05) is 13.0 Å². The van der Waals surface area contributed by atoms with Gasteiger partial charge in [0.2, 0.25) is 0 Å². The molecule has 8 heavy (non-hydrogen) atoms. The fraction of sp³-hybridized carbons (Fsp3) is 0.714. The third-order valence-corrected chi connectivity index (χ3v) is 1.11. The number of hydrogen-bond acceptors (Lipinski definition) is 1. The fourth-order valence-electron chi connectivity index (χ4n) is 0.424. The van der Waals surface area contributed by atoms with Crippen molar-refractivity contribution in [1.29, 1.82) is 0 Å². The van der Waals surface area contributed by atoms with E-state index in [4.69, 9.17) is 4.74 Å². The summed E-state index contributed by atoms with van der Waals surface area (Å²) in [5, 5.41) is 0. The largest absolute Gasteiger partial charge is 0.381 e. The smallest absolute Gasteiger partial charge is 0.0577 e. The maximum Gasteiger partial charge on any atom is 0.0577 e. The first kappa shape index (κ1) is 7.70. The van der Waals surface area contributed by atoms with Crippen LogP contribution >= 0.6 is 0 Å². The van der Waals surface area contributed by atoms with Crippen LogP contribution in [0.4, 0.5) is 0 Å². The Kier molecular flexibility index (Phi) is 4.67. The average Bonchev–Trinajstić information content (AvgIpc) is 1.83. The molecule has 48 valence electrons. The second-order valence-electron chi connectivity index (χ2n) is 1.85. The third-order valence-electron chi connectivity index (χ3n) is 1.11. The summed E-state index contributed by atoms with van der Waals surface area (Å²) in [5.74, 6) is 0. The predicted molar refractivity (Wildman–Crippen MR) is 35.9 cm³/mol. The maximum absolute atomic E-state index is 5.00. The first-order chi connectivity index (χ1) is 3.81. The van der Waals surface area contributed by atoms with E-state index in [2.05, 4.69) is 13.0 Å². The Bertz CT molecular complexity index is 66.8. The fourth-order valence-corrected chi connectivity index (χ4v) is 0.424. The molecule has 0 fully saturated rings. The summed E-state index contributed by atoms with van der Waals surface area (Å²) in [4.78, 5) is 0. The van der Waals surface area contributed by atoms with Crippen LogP contribution in [0.2, 0.25) is 0 Å². The van der Waals surface area contributed by atoms with Crippen LogP contribution in [0.3, 0.4) is 0 Å². The molecule has 0 aromatic heterocycles. The number of methoxy groups -OCH3 is 1. The van der Waals surface area contributed by atoms with Gasteiger partial charge in [-0.05, 0) is 20.3 Å². The molecule has 0 aliphatic heterocycles. The van der Waals surface area contributed by atoms with Crippen molar-refractivity contribution in [2.75, 3.05) is 7.11 Å². The first-order valence-electron chi connectivity index (χ1n) is 2.95. The van der Waals surface area contributed by atoms with Gasteiger partial charge >= 0.3 is 0 Å². The summed E-state index contributed by atoms with van der Waals surface area (Å²) in [7, 11) is 1.73. The van der Waals surface area contributed by atoms with Crippen LogP contribution < -0.4 is 0 Å². The summed E-state index contributed by atoms with van der Waals surface area (Å²) in [6.45, 7) is 4.07. The lowest BCUT2D eigenvalue weighted by Crippen LogP contribution is -2.01. The molecule has 0 amide bonds. The van der Waals surface area contributed by atoms with Crippen LogP contribution in [0.1, 0.15) is 20.3 Å². The molecule has 0 saturated heterocycles. The van der Waals surface area contributed by atoms with Gasteiger partial charge in [0, 0.05) is 7.11 Å². The summed E-state index contributed by atoms with van der Waals surface area (Å²) < 4.78 is 5.00. The van der Waals surface area contributed by atoms with Gasteiger partial charge in [-0.15, -0.1) is 0 Å². The highest BCUT2D eigenvalue weighted by molar-refractivity contribution is 4.78. The molecular formula is C7H14O. The number of hydrogen-bond donors (Lipinski definition) is 0. The van der Waals surface area contributed by atoms with Gasteiger partial charge in [0.15, 0.2) is 0 Å². The Labute approximate surface area is 51.4 Å². The molecule has 1 heteroatoms. The molecule has 1 nitrogen and oxygen atoms in total. The molecule has 0 aromatic rings. The molecule has 0 N–H and O–H groups in total. The maximum atomic E-state index is 5.00. The molecule has 0 heterocycles. The van der Waals surface area contributed by atoms with E-state index < -0.39 is 0 Å². The van der Waals surface area contributed by atoms with Gasteiger partial charge in [-0.1, -0.05) is 12.2 Å². The Morgan fingerprint density at radius 2 is 2.25 bits per heavy atom. The van der Waals surface area contributed by atoms with Crippen LogP contribution in [0, 0.1) is 0 Å². The van der Waals surface area contributed by atoms with Crippen LogP contribution in [-0.2, 0) is 4.74 Å². The Hall–Kier alpha value is -0.300. The van der Waals surface area contributed by atoms with Gasteiger partial charge in [-0.25, -0.2) is 0 Å². The van der Waals surface area contributed by atoms with Crippen molar-refractivity contribution in [2.45, 2.75) is 26.4 Å². The molecule has 0 saturated carbocycles. The number of allylic oxidation sites excluding steroid dienone is 1. The Balaban J connectivity index is 3.10. The van der Waals surface area contributed by atoms with Crippen molar-refractivity contribution in [3.8, 4) is 0 Å². The molecule has 0 radical (unpaired) electrons. The highest BCUT2D eigenvalue weighted by Crippen LogP contribution is 1.94. The zero-order valence-corrected chi connectivity index (χ0v) is 5.85. The van der Waals surface area contributed by atoms with E-state index in [1.165, 1.54) is 0 Å². The average molecular weight is 114 g/mol. The summed E-state index contributed by atoms with van der Waals surface area (Å²) in [5.41, 5.74) is 0. The van der Waals surface area contributed by atoms with Gasteiger partial charge in [0.25, 0.3) is 0 Å². The van der Waals surface area contributed by atoms with E-state index in [0.29, 0.717) is 6.10 Å². The Morgan fingerprint density at radius 3 is 2.62 bits per heavy atom. The Morgan fingerprint density at radius 1 is 1.62 bits per heavy atom. The summed E-state index contributed by atoms with van der Waals surface area (Å²) >= 11 is 0. The minimum atomic E-state index is 0.367. The molecule has 1 unspecified atom stereocenters. The zero-order chi connectivity index (χ0) is 6.41. The topological polar surface area (TPSA) is 9.23 Å². The van der Waals surface area contributed by atoms with Crippen molar-refractivity contribution in [1.82, 2.24) is 0 Å². The molecule has 1 atom stereocenters. The first-order valence-corrected chi connectivity index (χ1v) is 2.95. The molecule has 0 rings (SSSR count). The second kappa shape index (κ2) is 4.85. The lowest BCUT2D eigenvalue weighted by atomic mass is 10.3. The van der Waals surface area contributed by atoms with E-state index in [-0.39, 0.29) is 0 Å². The SMILES string of the molecule is C/C=C/CC(C)OC. The minimum absolute atomic E-state index is 0.367. The van der Waals surface area contributed by atoms with Gasteiger partial charge in [-0.3, -0.25) is 0 Å². The molecule has 0 aliphatic carbocycles. The summed E-state index contributed by atoms with van der Waals surface area (Å²) in [6, 6.07) is 0. The van der Waals surface area contributed by atoms with E-state index in [9.17, 15) is 0 Å².